The highest BCUT2D eigenvalue weighted by atomic mass is 35.5. The van der Waals surface area contributed by atoms with Crippen molar-refractivity contribution in [3.63, 3.8) is 0 Å². The third-order valence-electron chi connectivity index (χ3n) is 9.89. The lowest BCUT2D eigenvalue weighted by Gasteiger charge is -2.60. The van der Waals surface area contributed by atoms with Crippen molar-refractivity contribution in [2.75, 3.05) is 5.88 Å². The molecule has 0 amide bonds. The average Bonchev–Trinajstić information content (AvgIpc) is 3.03. The van der Waals surface area contributed by atoms with Gasteiger partial charge in [0.25, 0.3) is 0 Å². The lowest BCUT2D eigenvalue weighted by Crippen LogP contribution is -2.64. The smallest absolute Gasteiger partial charge is 0.306 e. The molecule has 8 heteroatoms. The maximum atomic E-state index is 15.6. The molecule has 3 fully saturated rings. The van der Waals surface area contributed by atoms with Gasteiger partial charge in [0, 0.05) is 34.7 Å². The van der Waals surface area contributed by atoms with Gasteiger partial charge in [-0.3, -0.25) is 14.4 Å². The van der Waals surface area contributed by atoms with Crippen molar-refractivity contribution in [1.29, 1.82) is 0 Å². The van der Waals surface area contributed by atoms with E-state index in [1.54, 1.807) is 6.92 Å². The Morgan fingerprint density at radius 1 is 1.25 bits per heavy atom. The van der Waals surface area contributed by atoms with Crippen molar-refractivity contribution < 1.29 is 33.0 Å². The van der Waals surface area contributed by atoms with Crippen molar-refractivity contribution in [3.8, 4) is 0 Å². The molecule has 4 aliphatic carbocycles. The summed E-state index contributed by atoms with van der Waals surface area (Å²) >= 11 is 6.08. The lowest BCUT2D eigenvalue weighted by atomic mass is 9.45. The molecular weight excluding hydrogens is 490 g/mol. The largest absolute Gasteiger partial charge is 0.450 e. The number of fused-ring (bicyclic) bond motifs is 5. The highest BCUT2D eigenvalue weighted by Crippen LogP contribution is 2.69. The van der Waals surface area contributed by atoms with Gasteiger partial charge < -0.3 is 9.84 Å². The molecule has 0 heterocycles. The SMILES string of the molecule is CCCCCC(=O)O[C@@]1(C(=O)CCl)[C@H](C)C[C@H]2[C@@H]3C[C@H](F)C4=C(F)C(=O)C=C[C@]4(C)[C@H]3[C@@H](O)C[C@@]21C. The summed E-state index contributed by atoms with van der Waals surface area (Å²) in [6, 6.07) is 0. The first kappa shape index (κ1) is 27.4. The molecule has 36 heavy (non-hydrogen) atoms. The first-order valence-corrected chi connectivity index (χ1v) is 13.7. The third-order valence-corrected chi connectivity index (χ3v) is 10.1. The van der Waals surface area contributed by atoms with E-state index in [1.165, 1.54) is 6.08 Å². The molecule has 1 N–H and O–H groups in total. The van der Waals surface area contributed by atoms with Gasteiger partial charge in [-0.25, -0.2) is 8.78 Å². The molecule has 0 radical (unpaired) electrons. The summed E-state index contributed by atoms with van der Waals surface area (Å²) in [5, 5.41) is 11.6. The number of hydrogen-bond acceptors (Lipinski definition) is 5. The highest BCUT2D eigenvalue weighted by molar-refractivity contribution is 6.29. The van der Waals surface area contributed by atoms with Crippen LogP contribution < -0.4 is 0 Å². The van der Waals surface area contributed by atoms with Gasteiger partial charge in [-0.2, -0.15) is 0 Å². The van der Waals surface area contributed by atoms with E-state index in [-0.39, 0.29) is 42.6 Å². The Kier molecular flexibility index (Phi) is 7.32. The summed E-state index contributed by atoms with van der Waals surface area (Å²) in [7, 11) is 0. The fourth-order valence-electron chi connectivity index (χ4n) is 8.47. The molecule has 9 atom stereocenters. The number of ketones is 2. The van der Waals surface area contributed by atoms with Crippen LogP contribution in [0.2, 0.25) is 0 Å². The molecule has 0 aliphatic heterocycles. The molecular formula is C28H37ClF2O5. The van der Waals surface area contributed by atoms with Gasteiger partial charge in [0.05, 0.1) is 12.0 Å². The Morgan fingerprint density at radius 3 is 2.58 bits per heavy atom. The number of halogens is 3. The van der Waals surface area contributed by atoms with Crippen molar-refractivity contribution in [3.05, 3.63) is 23.6 Å². The zero-order chi connectivity index (χ0) is 26.6. The van der Waals surface area contributed by atoms with Crippen LogP contribution in [0.25, 0.3) is 0 Å². The fraction of sp³-hybridized carbons (Fsp3) is 0.750. The number of Topliss-reactive ketones (excluding diaryl/α,β-unsaturated/α-hetero) is 1. The molecule has 0 bridgehead atoms. The van der Waals surface area contributed by atoms with Gasteiger partial charge >= 0.3 is 5.97 Å². The first-order valence-electron chi connectivity index (χ1n) is 13.2. The van der Waals surface area contributed by atoms with Crippen molar-refractivity contribution in [2.24, 2.45) is 34.5 Å². The Balaban J connectivity index is 1.76. The predicted molar refractivity (Wildman–Crippen MR) is 132 cm³/mol. The maximum Gasteiger partial charge on any atom is 0.306 e. The zero-order valence-corrected chi connectivity index (χ0v) is 22.2. The van der Waals surface area contributed by atoms with Gasteiger partial charge in [-0.05, 0) is 43.6 Å². The van der Waals surface area contributed by atoms with Gasteiger partial charge in [0.2, 0.25) is 5.78 Å². The standard InChI is InChI=1S/C28H37ClF2O5/c1-5-6-7-8-22(35)36-28(21(34)14-29)15(2)11-17-16-12-18(30)24-25(31)19(32)9-10-26(24,3)23(16)20(33)13-27(17,28)4/h9-10,15-18,20,23,33H,5-8,11-14H2,1-4H3/t15-,16+,17+,18+,20+,23-,26-,27+,28-/m1/s1. The van der Waals surface area contributed by atoms with Crippen molar-refractivity contribution in [1.82, 2.24) is 0 Å². The average molecular weight is 527 g/mol. The molecule has 5 nitrogen and oxygen atoms in total. The van der Waals surface area contributed by atoms with Crippen LogP contribution in [0.3, 0.4) is 0 Å². The van der Waals surface area contributed by atoms with Crippen LogP contribution in [0, 0.1) is 34.5 Å². The minimum absolute atomic E-state index is 0.0657. The Bertz CT molecular complexity index is 1010. The van der Waals surface area contributed by atoms with Crippen molar-refractivity contribution >= 4 is 29.1 Å². The minimum Gasteiger partial charge on any atom is -0.450 e. The summed E-state index contributed by atoms with van der Waals surface area (Å²) in [5.41, 5.74) is -3.84. The number of hydrogen-bond donors (Lipinski definition) is 1. The molecule has 0 aromatic heterocycles. The van der Waals surface area contributed by atoms with Crippen LogP contribution in [-0.4, -0.2) is 46.4 Å². The first-order chi connectivity index (χ1) is 16.9. The fourth-order valence-corrected chi connectivity index (χ4v) is 8.67. The number of alkyl halides is 2. The second kappa shape index (κ2) is 9.61. The number of ether oxygens (including phenoxy) is 1. The predicted octanol–water partition coefficient (Wildman–Crippen LogP) is 5.43. The molecule has 0 saturated heterocycles. The van der Waals surface area contributed by atoms with Crippen LogP contribution >= 0.6 is 11.6 Å². The molecule has 0 aromatic carbocycles. The van der Waals surface area contributed by atoms with E-state index < -0.39 is 63.9 Å². The van der Waals surface area contributed by atoms with E-state index in [9.17, 15) is 23.9 Å². The number of esters is 1. The summed E-state index contributed by atoms with van der Waals surface area (Å²) in [5.74, 6) is -4.72. The van der Waals surface area contributed by atoms with Crippen molar-refractivity contribution in [2.45, 2.75) is 90.5 Å². The molecule has 200 valence electrons. The summed E-state index contributed by atoms with van der Waals surface area (Å²) < 4.78 is 36.6. The van der Waals surface area contributed by atoms with E-state index >= 15 is 4.39 Å². The zero-order valence-electron chi connectivity index (χ0n) is 21.5. The molecule has 4 aliphatic rings. The van der Waals surface area contributed by atoms with Crippen LogP contribution in [0.15, 0.2) is 23.6 Å². The van der Waals surface area contributed by atoms with E-state index in [0.717, 1.165) is 18.9 Å². The topological polar surface area (TPSA) is 80.7 Å². The molecule has 0 spiro atoms. The molecule has 4 rings (SSSR count). The monoisotopic (exact) mass is 526 g/mol. The Labute approximate surface area is 216 Å². The summed E-state index contributed by atoms with van der Waals surface area (Å²) in [4.78, 5) is 38.5. The second-order valence-corrected chi connectivity index (χ2v) is 12.0. The minimum atomic E-state index is -1.69. The van der Waals surface area contributed by atoms with Gasteiger partial charge in [-0.15, -0.1) is 11.6 Å². The molecule has 0 unspecified atom stereocenters. The number of unbranched alkanes of at least 4 members (excludes halogenated alkanes) is 2. The third kappa shape index (κ3) is 3.74. The Hall–Kier alpha value is -1.60. The summed E-state index contributed by atoms with van der Waals surface area (Å²) in [6.45, 7) is 7.42. The Morgan fingerprint density at radius 2 is 1.94 bits per heavy atom. The molecule has 0 aromatic rings. The normalized spacial score (nSPS) is 43.6. The van der Waals surface area contributed by atoms with Gasteiger partial charge in [-0.1, -0.05) is 46.6 Å². The second-order valence-electron chi connectivity index (χ2n) is 11.8. The number of allylic oxidation sites excluding steroid dienone is 4. The highest BCUT2D eigenvalue weighted by Gasteiger charge is 2.73. The van der Waals surface area contributed by atoms with Crippen LogP contribution in [0.4, 0.5) is 8.78 Å². The van der Waals surface area contributed by atoms with E-state index in [0.29, 0.717) is 12.8 Å². The number of aliphatic hydroxyl groups excluding tert-OH is 1. The van der Waals surface area contributed by atoms with E-state index in [1.807, 2.05) is 20.8 Å². The van der Waals surface area contributed by atoms with E-state index in [2.05, 4.69) is 0 Å². The lowest BCUT2D eigenvalue weighted by molar-refractivity contribution is -0.204. The van der Waals surface area contributed by atoms with Gasteiger partial charge in [0.1, 0.15) is 6.17 Å². The summed E-state index contributed by atoms with van der Waals surface area (Å²) in [6.07, 6.45) is 3.12. The maximum absolute atomic E-state index is 15.6. The number of rotatable bonds is 7. The number of aliphatic hydroxyl groups is 1. The number of carbonyl (C=O) groups is 3. The molecule has 3 saturated carbocycles. The number of carbonyl (C=O) groups excluding carboxylic acids is 3. The van der Waals surface area contributed by atoms with E-state index in [4.69, 9.17) is 16.3 Å². The van der Waals surface area contributed by atoms with Crippen LogP contribution in [-0.2, 0) is 19.1 Å². The van der Waals surface area contributed by atoms with Crippen LogP contribution in [0.1, 0.15) is 72.6 Å². The quantitative estimate of drug-likeness (QED) is 0.272. The van der Waals surface area contributed by atoms with Crippen LogP contribution in [0.5, 0.6) is 0 Å². The van der Waals surface area contributed by atoms with Gasteiger partial charge in [0.15, 0.2) is 17.2 Å².